The lowest BCUT2D eigenvalue weighted by Crippen LogP contribution is -2.45. The second-order valence-corrected chi connectivity index (χ2v) is 9.55. The number of fused-ring (bicyclic) bond motifs is 1. The normalized spacial score (nSPS) is 11.2. The Morgan fingerprint density at radius 3 is 2.57 bits per heavy atom. The molecule has 176 valence electrons. The van der Waals surface area contributed by atoms with E-state index in [1.54, 1.807) is 43.5 Å². The number of para-hydroxylation sites is 2. The van der Waals surface area contributed by atoms with Gasteiger partial charge in [0, 0.05) is 17.0 Å². The van der Waals surface area contributed by atoms with Crippen LogP contribution in [-0.2, 0) is 6.54 Å². The molecule has 3 aromatic heterocycles. The monoisotopic (exact) mass is 504 g/mol. The van der Waals surface area contributed by atoms with Crippen molar-refractivity contribution in [2.45, 2.75) is 13.5 Å². The summed E-state index contributed by atoms with van der Waals surface area (Å²) < 4.78 is 3.23. The quantitative estimate of drug-likeness (QED) is 0.210. The van der Waals surface area contributed by atoms with Gasteiger partial charge in [-0.05, 0) is 36.1 Å². The van der Waals surface area contributed by atoms with Gasteiger partial charge in [-0.2, -0.15) is 0 Å². The first-order valence-electron chi connectivity index (χ1n) is 10.7. The molecule has 0 aliphatic carbocycles. The van der Waals surface area contributed by atoms with Gasteiger partial charge in [0.2, 0.25) is 0 Å². The number of hydrogen-bond donors (Lipinski definition) is 2. The van der Waals surface area contributed by atoms with Crippen molar-refractivity contribution < 1.29 is 0 Å². The molecule has 0 aliphatic rings. The lowest BCUT2D eigenvalue weighted by molar-refractivity contribution is 0.659. The molecule has 10 heteroatoms. The highest BCUT2D eigenvalue weighted by Crippen LogP contribution is 2.28. The van der Waals surface area contributed by atoms with Crippen LogP contribution in [0.3, 0.4) is 0 Å². The van der Waals surface area contributed by atoms with E-state index in [-0.39, 0.29) is 12.2 Å². The topological polar surface area (TPSA) is 112 Å². The minimum atomic E-state index is -0.573. The van der Waals surface area contributed by atoms with Crippen molar-refractivity contribution in [2.24, 2.45) is 5.84 Å². The van der Waals surface area contributed by atoms with Gasteiger partial charge in [-0.1, -0.05) is 48.0 Å². The third kappa shape index (κ3) is 3.99. The van der Waals surface area contributed by atoms with E-state index >= 15 is 0 Å². The number of aromatic nitrogens is 3. The summed E-state index contributed by atoms with van der Waals surface area (Å²) in [6, 6.07) is 16.2. The number of nitrogens with two attached hydrogens (primary N) is 2. The van der Waals surface area contributed by atoms with E-state index in [1.807, 2.05) is 29.6 Å². The summed E-state index contributed by atoms with van der Waals surface area (Å²) in [5, 5.41) is 4.62. The first kappa shape index (κ1) is 22.9. The maximum Gasteiger partial charge on any atom is 0.336 e. The van der Waals surface area contributed by atoms with Crippen LogP contribution >= 0.6 is 22.9 Å². The number of anilines is 3. The molecule has 35 heavy (non-hydrogen) atoms. The maximum atomic E-state index is 13.9. The molecule has 8 nitrogen and oxygen atoms in total. The summed E-state index contributed by atoms with van der Waals surface area (Å²) in [4.78, 5) is 32.0. The van der Waals surface area contributed by atoms with Crippen molar-refractivity contribution in [1.82, 2.24) is 14.1 Å². The van der Waals surface area contributed by atoms with Crippen LogP contribution in [0.25, 0.3) is 16.5 Å². The Hall–Kier alpha value is -3.92. The number of hydrazine groups is 1. The van der Waals surface area contributed by atoms with Gasteiger partial charge < -0.3 is 5.73 Å². The smallest absolute Gasteiger partial charge is 0.336 e. The average molecular weight is 505 g/mol. The number of nitrogen functional groups attached to an aromatic ring is 1. The van der Waals surface area contributed by atoms with E-state index in [9.17, 15) is 9.59 Å². The van der Waals surface area contributed by atoms with E-state index in [0.717, 1.165) is 15.5 Å². The fourth-order valence-corrected chi connectivity index (χ4v) is 5.03. The fraction of sp³-hybridized carbons (Fsp3) is 0.0800. The van der Waals surface area contributed by atoms with Crippen LogP contribution < -0.4 is 27.8 Å². The Balaban J connectivity index is 1.84. The summed E-state index contributed by atoms with van der Waals surface area (Å²) in [7, 11) is 0. The number of rotatable bonds is 5. The molecule has 3 heterocycles. The van der Waals surface area contributed by atoms with E-state index in [1.165, 1.54) is 27.1 Å². The third-order valence-corrected chi connectivity index (χ3v) is 7.00. The van der Waals surface area contributed by atoms with E-state index < -0.39 is 11.2 Å². The van der Waals surface area contributed by atoms with Crippen molar-refractivity contribution in [3.05, 3.63) is 109 Å². The second kappa shape index (κ2) is 9.03. The SMILES string of the molecule is Cc1c(N(N)c2ccccc2N)c(=O)n(-c2cncc3ccccc23)c(=O)n1Cc1csc(Cl)c1. The molecule has 0 amide bonds. The van der Waals surface area contributed by atoms with Crippen LogP contribution in [-0.4, -0.2) is 14.1 Å². The van der Waals surface area contributed by atoms with Crippen molar-refractivity contribution in [3.63, 3.8) is 0 Å². The number of thiophene rings is 1. The van der Waals surface area contributed by atoms with E-state index in [0.29, 0.717) is 32.5 Å². The number of pyridine rings is 1. The standard InChI is InChI=1S/C25H21ClN6O2S/c1-15-23(32(28)20-9-5-4-8-19(20)27)24(33)31(21-12-29-11-17-6-2-3-7-18(17)21)25(34)30(15)13-16-10-22(26)35-14-16/h2-12,14H,13,27-28H2,1H3. The fourth-order valence-electron chi connectivity index (χ4n) is 4.13. The summed E-state index contributed by atoms with van der Waals surface area (Å²) in [6.45, 7) is 1.90. The van der Waals surface area contributed by atoms with Crippen molar-refractivity contribution in [1.29, 1.82) is 0 Å². The second-order valence-electron chi connectivity index (χ2n) is 8.01. The Bertz CT molecular complexity index is 1680. The zero-order valence-electron chi connectivity index (χ0n) is 18.7. The molecule has 0 saturated heterocycles. The van der Waals surface area contributed by atoms with Gasteiger partial charge in [0.15, 0.2) is 0 Å². The average Bonchev–Trinajstić information content (AvgIpc) is 3.27. The molecule has 0 atom stereocenters. The lowest BCUT2D eigenvalue weighted by atomic mass is 10.1. The lowest BCUT2D eigenvalue weighted by Gasteiger charge is -2.25. The van der Waals surface area contributed by atoms with Crippen molar-refractivity contribution >= 4 is 50.8 Å². The minimum absolute atomic E-state index is 0.122. The largest absolute Gasteiger partial charge is 0.397 e. The summed E-state index contributed by atoms with van der Waals surface area (Å²) >= 11 is 7.50. The molecule has 0 aliphatic heterocycles. The zero-order valence-corrected chi connectivity index (χ0v) is 20.3. The molecular formula is C25H21ClN6O2S. The molecular weight excluding hydrogens is 484 g/mol. The maximum absolute atomic E-state index is 13.9. The molecule has 0 unspecified atom stereocenters. The number of halogens is 1. The molecule has 0 spiro atoms. The Morgan fingerprint density at radius 1 is 1.09 bits per heavy atom. The van der Waals surface area contributed by atoms with Gasteiger partial charge in [-0.15, -0.1) is 11.3 Å². The van der Waals surface area contributed by atoms with Crippen LogP contribution in [0.1, 0.15) is 11.3 Å². The van der Waals surface area contributed by atoms with Crippen LogP contribution in [0.4, 0.5) is 17.1 Å². The van der Waals surface area contributed by atoms with Crippen LogP contribution in [0, 0.1) is 6.92 Å². The van der Waals surface area contributed by atoms with Gasteiger partial charge in [0.25, 0.3) is 5.56 Å². The van der Waals surface area contributed by atoms with Crippen molar-refractivity contribution in [3.8, 4) is 5.69 Å². The van der Waals surface area contributed by atoms with Gasteiger partial charge >= 0.3 is 5.69 Å². The predicted molar refractivity (Wildman–Crippen MR) is 142 cm³/mol. The molecule has 0 fully saturated rings. The first-order chi connectivity index (χ1) is 16.9. The highest BCUT2D eigenvalue weighted by atomic mass is 35.5. The van der Waals surface area contributed by atoms with Gasteiger partial charge in [-0.3, -0.25) is 19.4 Å². The zero-order chi connectivity index (χ0) is 24.7. The van der Waals surface area contributed by atoms with Gasteiger partial charge in [-0.25, -0.2) is 15.2 Å². The van der Waals surface area contributed by atoms with E-state index in [2.05, 4.69) is 4.98 Å². The molecule has 0 radical (unpaired) electrons. The highest BCUT2D eigenvalue weighted by Gasteiger charge is 2.24. The Labute approximate surface area is 209 Å². The molecule has 0 saturated carbocycles. The van der Waals surface area contributed by atoms with Crippen LogP contribution in [0.15, 0.2) is 82.0 Å². The summed E-state index contributed by atoms with van der Waals surface area (Å²) in [5.74, 6) is 6.48. The molecule has 5 rings (SSSR count). The summed E-state index contributed by atoms with van der Waals surface area (Å²) in [5.41, 5.74) is 7.64. The molecule has 0 bridgehead atoms. The highest BCUT2D eigenvalue weighted by molar-refractivity contribution is 7.14. The Morgan fingerprint density at radius 2 is 1.83 bits per heavy atom. The van der Waals surface area contributed by atoms with Gasteiger partial charge in [0.1, 0.15) is 5.69 Å². The van der Waals surface area contributed by atoms with E-state index in [4.69, 9.17) is 23.2 Å². The molecule has 5 aromatic rings. The van der Waals surface area contributed by atoms with Crippen LogP contribution in [0.5, 0.6) is 0 Å². The number of benzene rings is 2. The summed E-state index contributed by atoms with van der Waals surface area (Å²) in [6.07, 6.45) is 3.19. The molecule has 2 aromatic carbocycles. The van der Waals surface area contributed by atoms with Gasteiger partial charge in [0.05, 0.1) is 39.8 Å². The first-order valence-corrected chi connectivity index (χ1v) is 11.9. The van der Waals surface area contributed by atoms with Crippen molar-refractivity contribution in [2.75, 3.05) is 10.7 Å². The van der Waals surface area contributed by atoms with Crippen LogP contribution in [0.2, 0.25) is 4.34 Å². The number of nitrogens with zero attached hydrogens (tertiary/aromatic N) is 4. The number of hydrogen-bond acceptors (Lipinski definition) is 7. The minimum Gasteiger partial charge on any atom is -0.397 e. The third-order valence-electron chi connectivity index (χ3n) is 5.86. The predicted octanol–water partition coefficient (Wildman–Crippen LogP) is 4.21. The Kier molecular flexibility index (Phi) is 5.89. The molecule has 4 N–H and O–H groups in total.